The van der Waals surface area contributed by atoms with Crippen LogP contribution in [0.25, 0.3) is 0 Å². The Morgan fingerprint density at radius 2 is 2.31 bits per heavy atom. The lowest BCUT2D eigenvalue weighted by Crippen LogP contribution is -2.12. The molecule has 0 saturated heterocycles. The maximum atomic E-state index is 4.38. The normalized spacial score (nSPS) is 12.6. The van der Waals surface area contributed by atoms with Gasteiger partial charge >= 0.3 is 0 Å². The Bertz CT molecular complexity index is 427. The smallest absolute Gasteiger partial charge is 0.180 e. The molecule has 2 aromatic heterocycles. The van der Waals surface area contributed by atoms with E-state index in [9.17, 15) is 0 Å². The molecule has 16 heavy (non-hydrogen) atoms. The molecule has 0 aliphatic carbocycles. The largest absolute Gasteiger partial charge is 0.313 e. The van der Waals surface area contributed by atoms with Crippen molar-refractivity contribution < 1.29 is 0 Å². The van der Waals surface area contributed by atoms with Gasteiger partial charge < -0.3 is 5.32 Å². The van der Waals surface area contributed by atoms with Crippen LogP contribution in [0.1, 0.15) is 18.5 Å². The third-order valence-electron chi connectivity index (χ3n) is 2.22. The van der Waals surface area contributed by atoms with Crippen molar-refractivity contribution in [2.75, 3.05) is 7.05 Å². The van der Waals surface area contributed by atoms with Gasteiger partial charge in [0.05, 0.1) is 0 Å². The van der Waals surface area contributed by atoms with Crippen LogP contribution in [0, 0.1) is 0 Å². The van der Waals surface area contributed by atoms with Gasteiger partial charge in [-0.2, -0.15) is 0 Å². The van der Waals surface area contributed by atoms with Crippen molar-refractivity contribution in [2.45, 2.75) is 22.3 Å². The third-order valence-corrected chi connectivity index (χ3v) is 3.95. The van der Waals surface area contributed by atoms with Crippen LogP contribution in [0.3, 0.4) is 0 Å². The SMILES string of the molecule is CNC(C)c1ccc(Sc2nncs2)nc1. The van der Waals surface area contributed by atoms with Crippen molar-refractivity contribution in [3.05, 3.63) is 29.4 Å². The van der Waals surface area contributed by atoms with Crippen molar-refractivity contribution in [2.24, 2.45) is 0 Å². The fourth-order valence-electron chi connectivity index (χ4n) is 1.17. The van der Waals surface area contributed by atoms with E-state index >= 15 is 0 Å². The van der Waals surface area contributed by atoms with E-state index in [1.165, 1.54) is 28.7 Å². The van der Waals surface area contributed by atoms with Crippen molar-refractivity contribution in [1.82, 2.24) is 20.5 Å². The number of hydrogen-bond acceptors (Lipinski definition) is 6. The maximum Gasteiger partial charge on any atom is 0.180 e. The highest BCUT2D eigenvalue weighted by molar-refractivity contribution is 8.00. The van der Waals surface area contributed by atoms with Gasteiger partial charge in [0, 0.05) is 12.2 Å². The molecule has 0 radical (unpaired) electrons. The molecule has 2 heterocycles. The van der Waals surface area contributed by atoms with Gasteiger partial charge in [0.1, 0.15) is 10.5 Å². The van der Waals surface area contributed by atoms with Gasteiger partial charge in [-0.15, -0.1) is 10.2 Å². The van der Waals surface area contributed by atoms with Crippen LogP contribution in [0.15, 0.2) is 33.2 Å². The third kappa shape index (κ3) is 2.78. The van der Waals surface area contributed by atoms with E-state index in [1.807, 2.05) is 19.3 Å². The van der Waals surface area contributed by atoms with E-state index in [2.05, 4.69) is 33.5 Å². The molecule has 0 bridgehead atoms. The summed E-state index contributed by atoms with van der Waals surface area (Å²) in [5.74, 6) is 0. The van der Waals surface area contributed by atoms with E-state index in [4.69, 9.17) is 0 Å². The van der Waals surface area contributed by atoms with Crippen molar-refractivity contribution >= 4 is 23.1 Å². The standard InChI is InChI=1S/C10H12N4S2/c1-7(11-2)8-3-4-9(12-5-8)16-10-14-13-6-15-10/h3-7,11H,1-2H3. The molecule has 0 fully saturated rings. The summed E-state index contributed by atoms with van der Waals surface area (Å²) in [5, 5.41) is 11.9. The van der Waals surface area contributed by atoms with Crippen molar-refractivity contribution in [1.29, 1.82) is 0 Å². The Kier molecular flexibility index (Phi) is 3.87. The summed E-state index contributed by atoms with van der Waals surface area (Å²) < 4.78 is 0.918. The van der Waals surface area contributed by atoms with E-state index in [0.29, 0.717) is 6.04 Å². The van der Waals surface area contributed by atoms with Gasteiger partial charge in [0.25, 0.3) is 0 Å². The zero-order chi connectivity index (χ0) is 11.4. The Labute approximate surface area is 103 Å². The molecule has 1 N–H and O–H groups in total. The van der Waals surface area contributed by atoms with Crippen molar-refractivity contribution in [3.63, 3.8) is 0 Å². The summed E-state index contributed by atoms with van der Waals surface area (Å²) in [6, 6.07) is 4.42. The van der Waals surface area contributed by atoms with Crippen molar-refractivity contribution in [3.8, 4) is 0 Å². The molecule has 0 spiro atoms. The number of pyridine rings is 1. The lowest BCUT2D eigenvalue weighted by atomic mass is 10.1. The maximum absolute atomic E-state index is 4.38. The predicted octanol–water partition coefficient (Wildman–Crippen LogP) is 2.36. The first-order chi connectivity index (χ1) is 7.79. The molecular formula is C10H12N4S2. The molecule has 0 aliphatic rings. The number of aromatic nitrogens is 3. The van der Waals surface area contributed by atoms with Crippen LogP contribution in [0.2, 0.25) is 0 Å². The molecular weight excluding hydrogens is 240 g/mol. The molecule has 0 saturated carbocycles. The number of nitrogens with one attached hydrogen (secondary N) is 1. The molecule has 0 aromatic carbocycles. The summed E-state index contributed by atoms with van der Waals surface area (Å²) in [6.45, 7) is 2.11. The Hall–Kier alpha value is -0.980. The zero-order valence-corrected chi connectivity index (χ0v) is 10.7. The highest BCUT2D eigenvalue weighted by atomic mass is 32.2. The Morgan fingerprint density at radius 3 is 2.88 bits per heavy atom. The van der Waals surface area contributed by atoms with Crippen LogP contribution < -0.4 is 5.32 Å². The van der Waals surface area contributed by atoms with Crippen LogP contribution in [-0.4, -0.2) is 22.2 Å². The van der Waals surface area contributed by atoms with Gasteiger partial charge in [-0.3, -0.25) is 0 Å². The van der Waals surface area contributed by atoms with E-state index in [1.54, 1.807) is 5.51 Å². The molecule has 84 valence electrons. The minimum Gasteiger partial charge on any atom is -0.313 e. The van der Waals surface area contributed by atoms with Gasteiger partial charge in [0.2, 0.25) is 0 Å². The number of rotatable bonds is 4. The summed E-state index contributed by atoms with van der Waals surface area (Å²) in [4.78, 5) is 4.38. The average molecular weight is 252 g/mol. The highest BCUT2D eigenvalue weighted by Crippen LogP contribution is 2.27. The summed E-state index contributed by atoms with van der Waals surface area (Å²) in [5.41, 5.74) is 2.91. The number of nitrogens with zero attached hydrogens (tertiary/aromatic N) is 3. The molecule has 1 unspecified atom stereocenters. The fourth-order valence-corrected chi connectivity index (χ4v) is 2.54. The quantitative estimate of drug-likeness (QED) is 0.905. The van der Waals surface area contributed by atoms with Crippen LogP contribution in [-0.2, 0) is 0 Å². The first-order valence-corrected chi connectivity index (χ1v) is 6.56. The zero-order valence-electron chi connectivity index (χ0n) is 9.04. The van der Waals surface area contributed by atoms with Gasteiger partial charge in [-0.05, 0) is 37.4 Å². The fraction of sp³-hybridized carbons (Fsp3) is 0.300. The minimum absolute atomic E-state index is 0.327. The topological polar surface area (TPSA) is 50.7 Å². The second kappa shape index (κ2) is 5.38. The monoisotopic (exact) mass is 252 g/mol. The summed E-state index contributed by atoms with van der Waals surface area (Å²) in [6.07, 6.45) is 1.89. The average Bonchev–Trinajstić information content (AvgIpc) is 2.82. The molecule has 1 atom stereocenters. The van der Waals surface area contributed by atoms with E-state index in [-0.39, 0.29) is 0 Å². The molecule has 2 aromatic rings. The van der Waals surface area contributed by atoms with E-state index in [0.717, 1.165) is 9.37 Å². The van der Waals surface area contributed by atoms with Gasteiger partial charge in [-0.25, -0.2) is 4.98 Å². The molecule has 2 rings (SSSR count). The Morgan fingerprint density at radius 1 is 1.44 bits per heavy atom. The van der Waals surface area contributed by atoms with Crippen LogP contribution in [0.5, 0.6) is 0 Å². The second-order valence-corrected chi connectivity index (χ2v) is 5.35. The predicted molar refractivity (Wildman–Crippen MR) is 65.7 cm³/mol. The summed E-state index contributed by atoms with van der Waals surface area (Å²) >= 11 is 3.06. The minimum atomic E-state index is 0.327. The lowest BCUT2D eigenvalue weighted by Gasteiger charge is -2.09. The molecule has 6 heteroatoms. The number of hydrogen-bond donors (Lipinski definition) is 1. The van der Waals surface area contributed by atoms with Gasteiger partial charge in [-0.1, -0.05) is 17.4 Å². The van der Waals surface area contributed by atoms with E-state index < -0.39 is 0 Å². The first kappa shape index (κ1) is 11.5. The second-order valence-electron chi connectivity index (χ2n) is 3.25. The molecule has 4 nitrogen and oxygen atoms in total. The van der Waals surface area contributed by atoms with Crippen LogP contribution >= 0.6 is 23.1 Å². The highest BCUT2D eigenvalue weighted by Gasteiger charge is 2.05. The first-order valence-electron chi connectivity index (χ1n) is 4.87. The van der Waals surface area contributed by atoms with Crippen LogP contribution in [0.4, 0.5) is 0 Å². The summed E-state index contributed by atoms with van der Waals surface area (Å²) in [7, 11) is 1.94. The van der Waals surface area contributed by atoms with Gasteiger partial charge in [0.15, 0.2) is 4.34 Å². The molecule has 0 amide bonds. The molecule has 0 aliphatic heterocycles. The lowest BCUT2D eigenvalue weighted by molar-refractivity contribution is 0.648. The Balaban J connectivity index is 2.07.